The zero-order valence-corrected chi connectivity index (χ0v) is 14.4. The average Bonchev–Trinajstić information content (AvgIpc) is 2.60. The van der Waals surface area contributed by atoms with Gasteiger partial charge in [0, 0.05) is 6.07 Å². The Morgan fingerprint density at radius 2 is 1.89 bits per heavy atom. The van der Waals surface area contributed by atoms with Crippen LogP contribution in [-0.2, 0) is 9.53 Å². The maximum atomic E-state index is 13.7. The summed E-state index contributed by atoms with van der Waals surface area (Å²) in [6.07, 6.45) is -4.96. The molecule has 1 aliphatic rings. The van der Waals surface area contributed by atoms with Gasteiger partial charge in [0.15, 0.2) is 0 Å². The van der Waals surface area contributed by atoms with Crippen molar-refractivity contribution in [1.82, 2.24) is 0 Å². The number of carbonyl (C=O) groups excluding carboxylic acids is 1. The minimum atomic E-state index is -4.96. The summed E-state index contributed by atoms with van der Waals surface area (Å²) in [6, 6.07) is 9.09. The molecule has 0 spiro atoms. The van der Waals surface area contributed by atoms with Crippen molar-refractivity contribution in [3.05, 3.63) is 75.0 Å². The van der Waals surface area contributed by atoms with Gasteiger partial charge in [0.05, 0.1) is 23.7 Å². The van der Waals surface area contributed by atoms with Crippen LogP contribution in [0.25, 0.3) is 0 Å². The SMILES string of the molecule is CCOC(=O)C1=C(C(F)(F)F)Oc2cc(C)oc(=O)c2C1c1ccccc1. The highest BCUT2D eigenvalue weighted by Crippen LogP contribution is 2.46. The number of ether oxygens (including phenoxy) is 2. The fraction of sp³-hybridized carbons (Fsp3) is 0.263. The molecule has 1 aromatic heterocycles. The number of benzene rings is 1. The predicted molar refractivity (Wildman–Crippen MR) is 88.3 cm³/mol. The molecule has 1 aromatic carbocycles. The summed E-state index contributed by atoms with van der Waals surface area (Å²) >= 11 is 0. The lowest BCUT2D eigenvalue weighted by molar-refractivity contribution is -0.143. The molecule has 1 aliphatic heterocycles. The Kier molecular flexibility index (Phi) is 4.82. The number of alkyl halides is 3. The molecule has 0 amide bonds. The maximum absolute atomic E-state index is 13.7. The van der Waals surface area contributed by atoms with Gasteiger partial charge >= 0.3 is 17.8 Å². The second-order valence-corrected chi connectivity index (χ2v) is 5.83. The molecule has 0 saturated heterocycles. The lowest BCUT2D eigenvalue weighted by atomic mass is 9.82. The van der Waals surface area contributed by atoms with Crippen molar-refractivity contribution in [3.63, 3.8) is 0 Å². The van der Waals surface area contributed by atoms with Crippen molar-refractivity contribution >= 4 is 5.97 Å². The third-order valence-electron chi connectivity index (χ3n) is 3.99. The quantitative estimate of drug-likeness (QED) is 0.757. The van der Waals surface area contributed by atoms with Crippen LogP contribution in [0.4, 0.5) is 13.2 Å². The highest BCUT2D eigenvalue weighted by Gasteiger charge is 2.49. The van der Waals surface area contributed by atoms with Gasteiger partial charge in [-0.15, -0.1) is 0 Å². The van der Waals surface area contributed by atoms with Crippen molar-refractivity contribution in [2.24, 2.45) is 0 Å². The molecule has 5 nitrogen and oxygen atoms in total. The zero-order valence-electron chi connectivity index (χ0n) is 14.4. The Morgan fingerprint density at radius 3 is 2.48 bits per heavy atom. The van der Waals surface area contributed by atoms with E-state index in [0.29, 0.717) is 5.56 Å². The molecule has 1 unspecified atom stereocenters. The molecule has 2 aromatic rings. The van der Waals surface area contributed by atoms with Gasteiger partial charge in [0.1, 0.15) is 11.5 Å². The molecule has 3 rings (SSSR count). The van der Waals surface area contributed by atoms with Crippen LogP contribution < -0.4 is 10.4 Å². The highest BCUT2D eigenvalue weighted by atomic mass is 19.4. The number of hydrogen-bond acceptors (Lipinski definition) is 5. The second-order valence-electron chi connectivity index (χ2n) is 5.83. The van der Waals surface area contributed by atoms with Crippen molar-refractivity contribution in [2.75, 3.05) is 6.61 Å². The van der Waals surface area contributed by atoms with E-state index in [1.165, 1.54) is 32.0 Å². The first-order valence-electron chi connectivity index (χ1n) is 8.10. The Hall–Kier alpha value is -3.03. The van der Waals surface area contributed by atoms with Crippen molar-refractivity contribution < 1.29 is 31.9 Å². The number of halogens is 3. The molecule has 142 valence electrons. The third-order valence-corrected chi connectivity index (χ3v) is 3.99. The van der Waals surface area contributed by atoms with Gasteiger partial charge in [-0.2, -0.15) is 13.2 Å². The minimum absolute atomic E-state index is 0.0895. The topological polar surface area (TPSA) is 65.7 Å². The monoisotopic (exact) mass is 380 g/mol. The number of aryl methyl sites for hydroxylation is 1. The van der Waals surface area contributed by atoms with E-state index in [2.05, 4.69) is 0 Å². The van der Waals surface area contributed by atoms with E-state index in [0.717, 1.165) is 0 Å². The molecule has 8 heteroatoms. The van der Waals surface area contributed by atoms with Gasteiger partial charge in [-0.25, -0.2) is 9.59 Å². The van der Waals surface area contributed by atoms with Crippen LogP contribution in [0.1, 0.15) is 29.7 Å². The van der Waals surface area contributed by atoms with Crippen LogP contribution in [0.2, 0.25) is 0 Å². The highest BCUT2D eigenvalue weighted by molar-refractivity contribution is 5.93. The fourth-order valence-electron chi connectivity index (χ4n) is 2.99. The third kappa shape index (κ3) is 3.47. The van der Waals surface area contributed by atoms with Crippen LogP contribution in [-0.4, -0.2) is 18.8 Å². The van der Waals surface area contributed by atoms with Crippen LogP contribution in [0, 0.1) is 6.92 Å². The summed E-state index contributed by atoms with van der Waals surface area (Å²) in [4.78, 5) is 24.9. The molecule has 0 fully saturated rings. The summed E-state index contributed by atoms with van der Waals surface area (Å²) < 4.78 is 55.9. The first-order chi connectivity index (χ1) is 12.7. The molecule has 0 radical (unpaired) electrons. The molecule has 2 heterocycles. The van der Waals surface area contributed by atoms with E-state index in [9.17, 15) is 22.8 Å². The average molecular weight is 380 g/mol. The van der Waals surface area contributed by atoms with E-state index in [4.69, 9.17) is 13.9 Å². The number of carbonyl (C=O) groups is 1. The van der Waals surface area contributed by atoms with E-state index in [-0.39, 0.29) is 23.7 Å². The molecule has 0 aliphatic carbocycles. The summed E-state index contributed by atoms with van der Waals surface area (Å²) in [7, 11) is 0. The standard InChI is InChI=1S/C19H15F3O5/c1-3-25-17(23)15-13(11-7-5-4-6-8-11)14-12(9-10(2)26-18(14)24)27-16(15)19(20,21)22/h4-9,13H,3H2,1-2H3. The van der Waals surface area contributed by atoms with Gasteiger partial charge in [-0.05, 0) is 19.4 Å². The number of hydrogen-bond donors (Lipinski definition) is 0. The molecule has 27 heavy (non-hydrogen) atoms. The van der Waals surface area contributed by atoms with Gasteiger partial charge in [-0.3, -0.25) is 0 Å². The van der Waals surface area contributed by atoms with E-state index in [1.54, 1.807) is 18.2 Å². The minimum Gasteiger partial charge on any atom is -0.463 e. The zero-order chi connectivity index (χ0) is 19.8. The van der Waals surface area contributed by atoms with Crippen LogP contribution in [0.5, 0.6) is 5.75 Å². The summed E-state index contributed by atoms with van der Waals surface area (Å²) in [5, 5.41) is 0. The van der Waals surface area contributed by atoms with Gasteiger partial charge in [0.25, 0.3) is 0 Å². The van der Waals surface area contributed by atoms with Crippen molar-refractivity contribution in [3.8, 4) is 5.75 Å². The predicted octanol–water partition coefficient (Wildman–Crippen LogP) is 3.85. The number of fused-ring (bicyclic) bond motifs is 1. The number of esters is 1. The Bertz CT molecular complexity index is 958. The summed E-state index contributed by atoms with van der Waals surface area (Å²) in [5.41, 5.74) is -1.52. The largest absolute Gasteiger partial charge is 0.463 e. The second kappa shape index (κ2) is 6.94. The lowest BCUT2D eigenvalue weighted by Gasteiger charge is -2.29. The summed E-state index contributed by atoms with van der Waals surface area (Å²) in [5.74, 6) is -4.23. The molecular formula is C19H15F3O5. The first kappa shape index (κ1) is 18.8. The van der Waals surface area contributed by atoms with Crippen molar-refractivity contribution in [2.45, 2.75) is 25.9 Å². The normalized spacial score (nSPS) is 16.6. The lowest BCUT2D eigenvalue weighted by Crippen LogP contribution is -2.33. The van der Waals surface area contributed by atoms with Crippen LogP contribution >= 0.6 is 0 Å². The first-order valence-corrected chi connectivity index (χ1v) is 8.10. The van der Waals surface area contributed by atoms with E-state index >= 15 is 0 Å². The Labute approximate surface area is 152 Å². The van der Waals surface area contributed by atoms with Crippen LogP contribution in [0.3, 0.4) is 0 Å². The Balaban J connectivity index is 2.37. The molecule has 0 bridgehead atoms. The van der Waals surface area contributed by atoms with Gasteiger partial charge < -0.3 is 13.9 Å². The summed E-state index contributed by atoms with van der Waals surface area (Å²) in [6.45, 7) is 2.75. The number of allylic oxidation sites excluding steroid dienone is 1. The molecule has 1 atom stereocenters. The maximum Gasteiger partial charge on any atom is 0.450 e. The number of rotatable bonds is 3. The smallest absolute Gasteiger partial charge is 0.450 e. The Morgan fingerprint density at radius 1 is 1.22 bits per heavy atom. The van der Waals surface area contributed by atoms with Gasteiger partial charge in [-0.1, -0.05) is 30.3 Å². The fourth-order valence-corrected chi connectivity index (χ4v) is 2.99. The molecular weight excluding hydrogens is 365 g/mol. The molecule has 0 N–H and O–H groups in total. The van der Waals surface area contributed by atoms with Crippen LogP contribution in [0.15, 0.2) is 56.9 Å². The van der Waals surface area contributed by atoms with E-state index < -0.39 is 35.0 Å². The van der Waals surface area contributed by atoms with Crippen molar-refractivity contribution in [1.29, 1.82) is 0 Å². The molecule has 0 saturated carbocycles. The van der Waals surface area contributed by atoms with Gasteiger partial charge in [0.2, 0.25) is 5.76 Å². The van der Waals surface area contributed by atoms with E-state index in [1.807, 2.05) is 0 Å².